The molecule has 0 radical (unpaired) electrons. The van der Waals surface area contributed by atoms with E-state index in [9.17, 15) is 4.79 Å². The van der Waals surface area contributed by atoms with Gasteiger partial charge in [-0.05, 0) is 55.8 Å². The van der Waals surface area contributed by atoms with Gasteiger partial charge >= 0.3 is 0 Å². The van der Waals surface area contributed by atoms with E-state index in [2.05, 4.69) is 14.9 Å². The van der Waals surface area contributed by atoms with Gasteiger partial charge in [0, 0.05) is 24.7 Å². The molecular weight excluding hydrogens is 408 g/mol. The van der Waals surface area contributed by atoms with Gasteiger partial charge in [-0.3, -0.25) is 14.7 Å². The average Bonchev–Trinajstić information content (AvgIpc) is 2.84. The first-order valence-corrected chi connectivity index (χ1v) is 10.6. The van der Waals surface area contributed by atoms with Gasteiger partial charge in [0.1, 0.15) is 5.69 Å². The Labute approximate surface area is 187 Å². The van der Waals surface area contributed by atoms with Crippen LogP contribution >= 0.6 is 0 Å². The average molecular weight is 437 g/mol. The summed E-state index contributed by atoms with van der Waals surface area (Å²) >= 11 is 0. The van der Waals surface area contributed by atoms with Gasteiger partial charge in [0.15, 0.2) is 17.3 Å². The number of hydrogen-bond donors (Lipinski definition) is 1. The molecule has 2 aromatic heterocycles. The zero-order chi connectivity index (χ0) is 22.5. The smallest absolute Gasteiger partial charge is 0.251 e. The highest BCUT2D eigenvalue weighted by molar-refractivity contribution is 5.54. The summed E-state index contributed by atoms with van der Waals surface area (Å²) in [5.74, 6) is 2.68. The van der Waals surface area contributed by atoms with E-state index >= 15 is 0 Å². The highest BCUT2D eigenvalue weighted by atomic mass is 16.5. The van der Waals surface area contributed by atoms with E-state index in [4.69, 9.17) is 19.2 Å². The van der Waals surface area contributed by atoms with E-state index in [0.717, 1.165) is 43.7 Å². The van der Waals surface area contributed by atoms with Crippen LogP contribution in [0, 0.1) is 0 Å². The summed E-state index contributed by atoms with van der Waals surface area (Å²) in [6.07, 6.45) is 3.56. The van der Waals surface area contributed by atoms with E-state index in [0.29, 0.717) is 28.8 Å². The highest BCUT2D eigenvalue weighted by Crippen LogP contribution is 2.39. The van der Waals surface area contributed by atoms with E-state index in [1.807, 2.05) is 30.3 Å². The number of H-pyrrole nitrogens is 1. The third-order valence-electron chi connectivity index (χ3n) is 5.81. The number of likely N-dealkylation sites (tertiary alicyclic amines) is 1. The molecule has 1 fully saturated rings. The summed E-state index contributed by atoms with van der Waals surface area (Å²) in [5, 5.41) is 0. The number of ether oxygens (including phenoxy) is 3. The van der Waals surface area contributed by atoms with Gasteiger partial charge in [-0.2, -0.15) is 0 Å². The lowest BCUT2D eigenvalue weighted by atomic mass is 9.93. The first-order chi connectivity index (χ1) is 15.6. The molecule has 3 heterocycles. The number of nitrogens with zero attached hydrogens (tertiary/aromatic N) is 3. The number of piperidine rings is 1. The first-order valence-electron chi connectivity index (χ1n) is 10.6. The lowest BCUT2D eigenvalue weighted by Crippen LogP contribution is -2.33. The predicted molar refractivity (Wildman–Crippen MR) is 121 cm³/mol. The maximum atomic E-state index is 12.2. The number of rotatable bonds is 7. The van der Waals surface area contributed by atoms with Crippen LogP contribution in [0.25, 0.3) is 11.5 Å². The Morgan fingerprint density at radius 1 is 1.03 bits per heavy atom. The zero-order valence-corrected chi connectivity index (χ0v) is 18.6. The van der Waals surface area contributed by atoms with Gasteiger partial charge in [-0.1, -0.05) is 6.07 Å². The number of aromatic amines is 1. The monoisotopic (exact) mass is 436 g/mol. The van der Waals surface area contributed by atoms with Crippen LogP contribution in [0.4, 0.5) is 0 Å². The molecule has 1 aliphatic heterocycles. The molecule has 32 heavy (non-hydrogen) atoms. The lowest BCUT2D eigenvalue weighted by Gasteiger charge is -2.32. The first kappa shape index (κ1) is 21.8. The summed E-state index contributed by atoms with van der Waals surface area (Å²) in [7, 11) is 4.85. The van der Waals surface area contributed by atoms with Crippen molar-refractivity contribution in [3.63, 3.8) is 0 Å². The molecule has 0 saturated carbocycles. The Hall–Kier alpha value is -3.39. The molecule has 1 saturated heterocycles. The second kappa shape index (κ2) is 9.82. The van der Waals surface area contributed by atoms with Crippen molar-refractivity contribution in [1.82, 2.24) is 19.9 Å². The van der Waals surface area contributed by atoms with E-state index < -0.39 is 0 Å². The predicted octanol–water partition coefficient (Wildman–Crippen LogP) is 3.24. The van der Waals surface area contributed by atoms with Crippen LogP contribution in [0.1, 0.15) is 30.0 Å². The van der Waals surface area contributed by atoms with E-state index in [1.54, 1.807) is 33.6 Å². The third kappa shape index (κ3) is 4.75. The fourth-order valence-corrected chi connectivity index (χ4v) is 4.18. The van der Waals surface area contributed by atoms with Crippen LogP contribution in [0.2, 0.25) is 0 Å². The van der Waals surface area contributed by atoms with Crippen LogP contribution in [0.3, 0.4) is 0 Å². The van der Waals surface area contributed by atoms with Gasteiger partial charge in [0.2, 0.25) is 5.75 Å². The van der Waals surface area contributed by atoms with Crippen molar-refractivity contribution in [2.24, 2.45) is 0 Å². The fraction of sp³-hybridized carbons (Fsp3) is 0.375. The summed E-state index contributed by atoms with van der Waals surface area (Å²) in [5.41, 5.74) is 2.47. The largest absolute Gasteiger partial charge is 0.493 e. The highest BCUT2D eigenvalue weighted by Gasteiger charge is 2.24. The van der Waals surface area contributed by atoms with Crippen LogP contribution < -0.4 is 19.8 Å². The Morgan fingerprint density at radius 2 is 1.75 bits per heavy atom. The van der Waals surface area contributed by atoms with Gasteiger partial charge < -0.3 is 19.2 Å². The molecule has 3 aromatic rings. The normalized spacial score (nSPS) is 14.8. The van der Waals surface area contributed by atoms with Crippen LogP contribution in [-0.4, -0.2) is 54.3 Å². The quantitative estimate of drug-likeness (QED) is 0.608. The van der Waals surface area contributed by atoms with Crippen molar-refractivity contribution >= 4 is 0 Å². The molecule has 0 unspecified atom stereocenters. The number of nitrogens with one attached hydrogen (secondary N) is 1. The molecule has 4 rings (SSSR count). The molecule has 8 heteroatoms. The van der Waals surface area contributed by atoms with E-state index in [-0.39, 0.29) is 11.5 Å². The minimum atomic E-state index is -0.143. The molecule has 0 spiro atoms. The molecule has 0 atom stereocenters. The van der Waals surface area contributed by atoms with Crippen LogP contribution in [0.15, 0.2) is 47.4 Å². The minimum Gasteiger partial charge on any atom is -0.493 e. The molecule has 8 nitrogen and oxygen atoms in total. The molecule has 0 amide bonds. The summed E-state index contributed by atoms with van der Waals surface area (Å²) < 4.78 is 16.4. The van der Waals surface area contributed by atoms with Crippen molar-refractivity contribution in [2.75, 3.05) is 34.4 Å². The molecule has 1 aliphatic rings. The molecule has 1 aromatic carbocycles. The van der Waals surface area contributed by atoms with Gasteiger partial charge in [-0.25, -0.2) is 4.98 Å². The van der Waals surface area contributed by atoms with E-state index in [1.165, 1.54) is 0 Å². The zero-order valence-electron chi connectivity index (χ0n) is 18.6. The molecular formula is C24H28N4O4. The minimum absolute atomic E-state index is 0.143. The maximum Gasteiger partial charge on any atom is 0.251 e. The third-order valence-corrected chi connectivity index (χ3v) is 5.81. The molecule has 0 aliphatic carbocycles. The standard InChI is InChI=1S/C24H28N4O4/c1-30-20-12-16(13-21(31-2)23(20)32-3)15-28-10-7-17(8-11-28)19-14-22(29)27-24(26-19)18-6-4-5-9-25-18/h4-6,9,12-14,17H,7-8,10-11,15H2,1-3H3,(H,26,27,29). The number of benzene rings is 1. The number of hydrogen-bond acceptors (Lipinski definition) is 7. The second-order valence-corrected chi connectivity index (χ2v) is 7.82. The Balaban J connectivity index is 1.45. The Bertz CT molecular complexity index is 1080. The molecule has 0 bridgehead atoms. The maximum absolute atomic E-state index is 12.2. The van der Waals surface area contributed by atoms with Crippen molar-refractivity contribution in [3.8, 4) is 28.8 Å². The summed E-state index contributed by atoms with van der Waals surface area (Å²) in [6.45, 7) is 2.61. The second-order valence-electron chi connectivity index (χ2n) is 7.82. The summed E-state index contributed by atoms with van der Waals surface area (Å²) in [4.78, 5) is 26.5. The van der Waals surface area contributed by atoms with Crippen molar-refractivity contribution < 1.29 is 14.2 Å². The molecule has 1 N–H and O–H groups in total. The number of aromatic nitrogens is 3. The van der Waals surface area contributed by atoms with Crippen molar-refractivity contribution in [3.05, 3.63) is 64.2 Å². The lowest BCUT2D eigenvalue weighted by molar-refractivity contribution is 0.202. The fourth-order valence-electron chi connectivity index (χ4n) is 4.18. The number of pyridine rings is 1. The topological polar surface area (TPSA) is 89.6 Å². The van der Waals surface area contributed by atoms with Gasteiger partial charge in [0.25, 0.3) is 5.56 Å². The van der Waals surface area contributed by atoms with Crippen LogP contribution in [-0.2, 0) is 6.54 Å². The Morgan fingerprint density at radius 3 is 2.34 bits per heavy atom. The SMILES string of the molecule is COc1cc(CN2CCC(c3cc(=O)[nH]c(-c4ccccn4)n3)CC2)cc(OC)c1OC. The summed E-state index contributed by atoms with van der Waals surface area (Å²) in [6, 6.07) is 11.2. The number of methoxy groups -OCH3 is 3. The Kier molecular flexibility index (Phi) is 6.70. The molecule has 168 valence electrons. The van der Waals surface area contributed by atoms with Gasteiger partial charge in [-0.15, -0.1) is 0 Å². The van der Waals surface area contributed by atoms with Crippen molar-refractivity contribution in [2.45, 2.75) is 25.3 Å². The van der Waals surface area contributed by atoms with Crippen LogP contribution in [0.5, 0.6) is 17.2 Å². The van der Waals surface area contributed by atoms with Gasteiger partial charge in [0.05, 0.1) is 27.0 Å². The van der Waals surface area contributed by atoms with Crippen molar-refractivity contribution in [1.29, 1.82) is 0 Å².